The fourth-order valence-corrected chi connectivity index (χ4v) is 5.73. The van der Waals surface area contributed by atoms with Crippen molar-refractivity contribution in [2.75, 3.05) is 0 Å². The lowest BCUT2D eigenvalue weighted by Crippen LogP contribution is -2.51. The number of allylic oxidation sites excluding steroid dienone is 2. The van der Waals surface area contributed by atoms with Crippen LogP contribution in [-0.2, 0) is 17.3 Å². The van der Waals surface area contributed by atoms with E-state index in [2.05, 4.69) is 71.9 Å². The first-order valence-corrected chi connectivity index (χ1v) is 11.0. The number of rotatable bonds is 3. The fourth-order valence-electron chi connectivity index (χ4n) is 5.73. The lowest BCUT2D eigenvalue weighted by molar-refractivity contribution is -0.119. The Hall–Kier alpha value is -3.02. The zero-order valence-electron chi connectivity index (χ0n) is 18.9. The number of carbonyl (C=O) groups is 1. The second-order valence-corrected chi connectivity index (χ2v) is 9.80. The minimum absolute atomic E-state index is 0.0615. The first-order chi connectivity index (χ1) is 14.7. The highest BCUT2D eigenvalue weighted by Crippen LogP contribution is 2.54. The van der Waals surface area contributed by atoms with E-state index in [0.717, 1.165) is 52.1 Å². The van der Waals surface area contributed by atoms with E-state index >= 15 is 0 Å². The average Bonchev–Trinajstić information content (AvgIpc) is 3.31. The van der Waals surface area contributed by atoms with E-state index in [1.54, 1.807) is 0 Å². The molecule has 1 aromatic heterocycles. The Kier molecular flexibility index (Phi) is 4.33. The SMILES string of the molecule is CC[C@@]1(c2cccc(-c3cn(C)nc3C)c2)C2=CN=NC2NC2=C1C(=O)CC(C)(C)C2. The van der Waals surface area contributed by atoms with Gasteiger partial charge in [-0.3, -0.25) is 9.48 Å². The van der Waals surface area contributed by atoms with E-state index in [1.807, 2.05) is 24.9 Å². The molecule has 0 saturated heterocycles. The number of hydrogen-bond donors (Lipinski definition) is 1. The number of aromatic nitrogens is 2. The molecule has 6 heteroatoms. The van der Waals surface area contributed by atoms with Crippen molar-refractivity contribution in [3.63, 3.8) is 0 Å². The molecular weight excluding hydrogens is 386 g/mol. The van der Waals surface area contributed by atoms with Gasteiger partial charge in [0.2, 0.25) is 0 Å². The van der Waals surface area contributed by atoms with Gasteiger partial charge in [-0.2, -0.15) is 15.3 Å². The molecule has 2 aliphatic heterocycles. The van der Waals surface area contributed by atoms with Crippen molar-refractivity contribution in [3.8, 4) is 11.1 Å². The van der Waals surface area contributed by atoms with E-state index < -0.39 is 5.41 Å². The Bertz CT molecular complexity index is 1180. The van der Waals surface area contributed by atoms with Crippen LogP contribution < -0.4 is 5.32 Å². The summed E-state index contributed by atoms with van der Waals surface area (Å²) in [6, 6.07) is 8.59. The van der Waals surface area contributed by atoms with Crippen molar-refractivity contribution >= 4 is 5.78 Å². The van der Waals surface area contributed by atoms with Crippen LogP contribution >= 0.6 is 0 Å². The van der Waals surface area contributed by atoms with Gasteiger partial charge in [0.1, 0.15) is 0 Å². The predicted molar refractivity (Wildman–Crippen MR) is 120 cm³/mol. The standard InChI is InChI=1S/C25H29N5O/c1-6-25(17-9-7-8-16(10-17)18-14-30(5)29-15(18)2)19-13-26-28-23(19)27-20-11-24(3,4)12-21(31)22(20)25/h7-10,13-14,23,27H,6,11-12H2,1-5H3/t23?,25-/m1/s1. The molecule has 3 heterocycles. The van der Waals surface area contributed by atoms with E-state index in [1.165, 1.54) is 0 Å². The number of benzene rings is 1. The second kappa shape index (κ2) is 6.74. The van der Waals surface area contributed by atoms with Crippen LogP contribution in [0.1, 0.15) is 51.3 Å². The lowest BCUT2D eigenvalue weighted by Gasteiger charge is -2.47. The molecule has 160 valence electrons. The Labute approximate surface area is 183 Å². The average molecular weight is 416 g/mol. The lowest BCUT2D eigenvalue weighted by atomic mass is 9.58. The molecular formula is C25H29N5O. The Morgan fingerprint density at radius 1 is 1.26 bits per heavy atom. The summed E-state index contributed by atoms with van der Waals surface area (Å²) in [7, 11) is 1.94. The molecule has 3 aliphatic rings. The zero-order chi connectivity index (χ0) is 22.0. The Balaban J connectivity index is 1.74. The Morgan fingerprint density at radius 3 is 2.77 bits per heavy atom. The van der Waals surface area contributed by atoms with Crippen LogP contribution in [0.4, 0.5) is 0 Å². The maximum atomic E-state index is 13.6. The molecule has 6 nitrogen and oxygen atoms in total. The molecule has 0 spiro atoms. The van der Waals surface area contributed by atoms with Gasteiger partial charge >= 0.3 is 0 Å². The van der Waals surface area contributed by atoms with Crippen LogP contribution in [0.2, 0.25) is 0 Å². The minimum Gasteiger partial charge on any atom is -0.362 e. The van der Waals surface area contributed by atoms with Crippen molar-refractivity contribution in [2.24, 2.45) is 22.7 Å². The molecule has 2 aromatic rings. The molecule has 1 N–H and O–H groups in total. The van der Waals surface area contributed by atoms with Gasteiger partial charge in [-0.15, -0.1) is 0 Å². The maximum absolute atomic E-state index is 13.6. The van der Waals surface area contributed by atoms with E-state index in [9.17, 15) is 4.79 Å². The maximum Gasteiger partial charge on any atom is 0.164 e. The molecule has 0 amide bonds. The highest BCUT2D eigenvalue weighted by Gasteiger charge is 2.52. The largest absolute Gasteiger partial charge is 0.362 e. The summed E-state index contributed by atoms with van der Waals surface area (Å²) in [4.78, 5) is 13.6. The highest BCUT2D eigenvalue weighted by atomic mass is 16.1. The summed E-state index contributed by atoms with van der Waals surface area (Å²) in [6.07, 6.45) is 5.89. The first-order valence-electron chi connectivity index (χ1n) is 11.0. The Morgan fingerprint density at radius 2 is 2.06 bits per heavy atom. The third-order valence-electron chi connectivity index (χ3n) is 6.99. The number of ketones is 1. The quantitative estimate of drug-likeness (QED) is 0.770. The second-order valence-electron chi connectivity index (χ2n) is 9.80. The number of aryl methyl sites for hydroxylation is 2. The molecule has 1 unspecified atom stereocenters. The number of azo groups is 1. The summed E-state index contributed by atoms with van der Waals surface area (Å²) in [5, 5.41) is 16.8. The normalized spacial score (nSPS) is 26.4. The van der Waals surface area contributed by atoms with Gasteiger partial charge in [-0.1, -0.05) is 39.0 Å². The van der Waals surface area contributed by atoms with Crippen LogP contribution in [0.3, 0.4) is 0 Å². The van der Waals surface area contributed by atoms with Crippen LogP contribution in [0.5, 0.6) is 0 Å². The summed E-state index contributed by atoms with van der Waals surface area (Å²) < 4.78 is 1.85. The molecule has 1 aliphatic carbocycles. The summed E-state index contributed by atoms with van der Waals surface area (Å²) in [5.41, 5.74) is 6.78. The number of carbonyl (C=O) groups excluding carboxylic acids is 1. The van der Waals surface area contributed by atoms with Crippen LogP contribution in [0, 0.1) is 12.3 Å². The summed E-state index contributed by atoms with van der Waals surface area (Å²) >= 11 is 0. The minimum atomic E-state index is -0.519. The third kappa shape index (κ3) is 2.92. The molecule has 0 bridgehead atoms. The molecule has 0 saturated carbocycles. The monoisotopic (exact) mass is 415 g/mol. The van der Waals surface area contributed by atoms with Gasteiger partial charge in [0.25, 0.3) is 0 Å². The van der Waals surface area contributed by atoms with Gasteiger partial charge < -0.3 is 5.32 Å². The van der Waals surface area contributed by atoms with Crippen molar-refractivity contribution in [3.05, 3.63) is 64.8 Å². The number of hydrogen-bond acceptors (Lipinski definition) is 5. The fraction of sp³-hybridized carbons (Fsp3) is 0.440. The smallest absolute Gasteiger partial charge is 0.164 e. The van der Waals surface area contributed by atoms with Gasteiger partial charge in [-0.05, 0) is 42.4 Å². The highest BCUT2D eigenvalue weighted by molar-refractivity contribution is 6.01. The summed E-state index contributed by atoms with van der Waals surface area (Å²) in [6.45, 7) is 8.53. The molecule has 5 rings (SSSR count). The summed E-state index contributed by atoms with van der Waals surface area (Å²) in [5.74, 6) is 0.231. The van der Waals surface area contributed by atoms with E-state index in [-0.39, 0.29) is 17.4 Å². The molecule has 0 fully saturated rings. The first kappa shape index (κ1) is 19.9. The molecule has 1 aromatic carbocycles. The van der Waals surface area contributed by atoms with Crippen molar-refractivity contribution in [2.45, 2.75) is 58.5 Å². The third-order valence-corrected chi connectivity index (χ3v) is 6.99. The van der Waals surface area contributed by atoms with E-state index in [4.69, 9.17) is 0 Å². The zero-order valence-corrected chi connectivity index (χ0v) is 18.9. The van der Waals surface area contributed by atoms with Crippen LogP contribution in [-0.4, -0.2) is 21.7 Å². The number of nitrogens with zero attached hydrogens (tertiary/aromatic N) is 4. The molecule has 0 radical (unpaired) electrons. The van der Waals surface area contributed by atoms with Gasteiger partial charge in [0.15, 0.2) is 11.9 Å². The van der Waals surface area contributed by atoms with Gasteiger partial charge in [-0.25, -0.2) is 0 Å². The van der Waals surface area contributed by atoms with Gasteiger partial charge in [0, 0.05) is 42.1 Å². The van der Waals surface area contributed by atoms with Crippen molar-refractivity contribution < 1.29 is 4.79 Å². The van der Waals surface area contributed by atoms with Crippen molar-refractivity contribution in [1.82, 2.24) is 15.1 Å². The number of nitrogens with one attached hydrogen (secondary N) is 1. The van der Waals surface area contributed by atoms with Crippen LogP contribution in [0.25, 0.3) is 11.1 Å². The number of Topliss-reactive ketones (excluding diaryl/α,β-unsaturated/α-hetero) is 1. The van der Waals surface area contributed by atoms with Gasteiger partial charge in [0.05, 0.1) is 17.3 Å². The van der Waals surface area contributed by atoms with Crippen molar-refractivity contribution in [1.29, 1.82) is 0 Å². The van der Waals surface area contributed by atoms with Crippen LogP contribution in [0.15, 0.2) is 63.7 Å². The van der Waals surface area contributed by atoms with E-state index in [0.29, 0.717) is 6.42 Å². The number of fused-ring (bicyclic) bond motifs is 1. The molecule has 2 atom stereocenters. The predicted octanol–water partition coefficient (Wildman–Crippen LogP) is 4.97. The topological polar surface area (TPSA) is 71.6 Å². The molecule has 31 heavy (non-hydrogen) atoms.